The zero-order valence-electron chi connectivity index (χ0n) is 18.6. The monoisotopic (exact) mass is 468 g/mol. The molecule has 0 bridgehead atoms. The molecule has 5 N–H and O–H groups in total. The molecular weight excluding hydrogens is 441 g/mol. The third-order valence-corrected chi connectivity index (χ3v) is 5.65. The zero-order chi connectivity index (χ0) is 24.7. The topological polar surface area (TPSA) is 111 Å². The number of fused-ring (bicyclic) bond motifs is 1. The maximum absolute atomic E-state index is 13.3. The van der Waals surface area contributed by atoms with Gasteiger partial charge in [0.15, 0.2) is 6.10 Å². The first kappa shape index (κ1) is 24.7. The maximum Gasteiger partial charge on any atom is 0.418 e. The summed E-state index contributed by atoms with van der Waals surface area (Å²) in [6.07, 6.45) is -8.65. The van der Waals surface area contributed by atoms with Crippen LogP contribution in [0.4, 0.5) is 23.7 Å². The van der Waals surface area contributed by atoms with Gasteiger partial charge in [-0.3, -0.25) is 0 Å². The van der Waals surface area contributed by atoms with E-state index in [0.717, 1.165) is 7.11 Å². The van der Waals surface area contributed by atoms with Crippen molar-refractivity contribution in [1.82, 2.24) is 5.32 Å². The summed E-state index contributed by atoms with van der Waals surface area (Å²) in [5, 5.41) is 35.5. The molecule has 0 spiro atoms. The van der Waals surface area contributed by atoms with E-state index in [9.17, 15) is 33.3 Å². The van der Waals surface area contributed by atoms with Gasteiger partial charge < -0.3 is 30.7 Å². The Bertz CT molecular complexity index is 1050. The number of aliphatic hydroxyl groups is 2. The van der Waals surface area contributed by atoms with E-state index >= 15 is 0 Å². The Morgan fingerprint density at radius 1 is 1.21 bits per heavy atom. The van der Waals surface area contributed by atoms with Gasteiger partial charge in [-0.1, -0.05) is 32.9 Å². The van der Waals surface area contributed by atoms with Gasteiger partial charge in [-0.25, -0.2) is 4.79 Å². The fourth-order valence-electron chi connectivity index (χ4n) is 3.91. The standard InChI is InChI=1S/C23H27F3N2O5/c1-22(2,3)12-9-13(20(31)23(24,25)26)19(33-4)15(10-12)28-21(32)27-14-8-11-6-5-7-16(29)17(11)18(14)30/h5-7,9-10,14,18,20,29-31H,8H2,1-4H3,(H2,27,28,32)/t14-,18-,20-/m1/s1. The Kier molecular flexibility index (Phi) is 6.54. The largest absolute Gasteiger partial charge is 0.508 e. The second-order valence-corrected chi connectivity index (χ2v) is 9.04. The Hall–Kier alpha value is -2.98. The molecule has 3 rings (SSSR count). The van der Waals surface area contributed by atoms with Gasteiger partial charge in [-0.05, 0) is 41.2 Å². The number of ether oxygens (including phenoxy) is 1. The highest BCUT2D eigenvalue weighted by molar-refractivity contribution is 5.92. The number of phenols is 1. The number of hydrogen-bond acceptors (Lipinski definition) is 5. The van der Waals surface area contributed by atoms with Crippen LogP contribution in [0.1, 0.15) is 55.2 Å². The fourth-order valence-corrected chi connectivity index (χ4v) is 3.91. The second-order valence-electron chi connectivity index (χ2n) is 9.04. The number of carbonyl (C=O) groups excluding carboxylic acids is 1. The van der Waals surface area contributed by atoms with Gasteiger partial charge in [0.2, 0.25) is 0 Å². The summed E-state index contributed by atoms with van der Waals surface area (Å²) in [6.45, 7) is 5.34. The number of benzene rings is 2. The lowest BCUT2D eigenvalue weighted by Crippen LogP contribution is -2.40. The number of halogens is 3. The molecule has 1 aliphatic rings. The van der Waals surface area contributed by atoms with E-state index < -0.39 is 41.4 Å². The molecule has 0 unspecified atom stereocenters. The molecule has 2 aromatic carbocycles. The molecule has 2 amide bonds. The molecule has 0 fully saturated rings. The Balaban J connectivity index is 1.91. The Labute approximate surface area is 189 Å². The van der Waals surface area contributed by atoms with Gasteiger partial charge in [-0.2, -0.15) is 13.2 Å². The molecule has 0 saturated heterocycles. The molecular formula is C23H27F3N2O5. The molecule has 0 aromatic heterocycles. The van der Waals surface area contributed by atoms with Crippen LogP contribution in [0.5, 0.6) is 11.5 Å². The highest BCUT2D eigenvalue weighted by Crippen LogP contribution is 2.43. The maximum atomic E-state index is 13.3. The van der Waals surface area contributed by atoms with Gasteiger partial charge in [0.1, 0.15) is 17.6 Å². The van der Waals surface area contributed by atoms with Crippen LogP contribution in [-0.2, 0) is 11.8 Å². The zero-order valence-corrected chi connectivity index (χ0v) is 18.6. The van der Waals surface area contributed by atoms with E-state index in [1.54, 1.807) is 32.9 Å². The first-order chi connectivity index (χ1) is 15.2. The smallest absolute Gasteiger partial charge is 0.418 e. The van der Waals surface area contributed by atoms with Gasteiger partial charge in [0, 0.05) is 11.1 Å². The minimum atomic E-state index is -4.94. The van der Waals surface area contributed by atoms with E-state index in [1.807, 2.05) is 0 Å². The molecule has 0 saturated carbocycles. The summed E-state index contributed by atoms with van der Waals surface area (Å²) in [5.41, 5.74) is 0.260. The summed E-state index contributed by atoms with van der Waals surface area (Å²) in [5.74, 6) is -0.411. The van der Waals surface area contributed by atoms with Gasteiger partial charge in [0.05, 0.1) is 18.8 Å². The number of nitrogens with one attached hydrogen (secondary N) is 2. The van der Waals surface area contributed by atoms with E-state index in [0.29, 0.717) is 16.7 Å². The van der Waals surface area contributed by atoms with E-state index in [-0.39, 0.29) is 23.6 Å². The van der Waals surface area contributed by atoms with Crippen molar-refractivity contribution in [3.8, 4) is 11.5 Å². The lowest BCUT2D eigenvalue weighted by atomic mass is 9.84. The molecule has 180 valence electrons. The van der Waals surface area contributed by atoms with Gasteiger partial charge in [-0.15, -0.1) is 0 Å². The van der Waals surface area contributed by atoms with Crippen molar-refractivity contribution in [2.24, 2.45) is 0 Å². The predicted octanol–water partition coefficient (Wildman–Crippen LogP) is 4.07. The van der Waals surface area contributed by atoms with Crippen molar-refractivity contribution in [2.75, 3.05) is 12.4 Å². The fraction of sp³-hybridized carbons (Fsp3) is 0.435. The highest BCUT2D eigenvalue weighted by atomic mass is 19.4. The van der Waals surface area contributed by atoms with E-state index in [1.165, 1.54) is 18.2 Å². The summed E-state index contributed by atoms with van der Waals surface area (Å²) in [6, 6.07) is 5.92. The lowest BCUT2D eigenvalue weighted by Gasteiger charge is -2.26. The van der Waals surface area contributed by atoms with Crippen LogP contribution >= 0.6 is 0 Å². The van der Waals surface area contributed by atoms with Crippen LogP contribution in [0.25, 0.3) is 0 Å². The predicted molar refractivity (Wildman–Crippen MR) is 115 cm³/mol. The van der Waals surface area contributed by atoms with Crippen molar-refractivity contribution in [2.45, 2.75) is 57.0 Å². The molecule has 7 nitrogen and oxygen atoms in total. The number of rotatable bonds is 4. The number of aromatic hydroxyl groups is 1. The van der Waals surface area contributed by atoms with Crippen molar-refractivity contribution >= 4 is 11.7 Å². The van der Waals surface area contributed by atoms with Crippen molar-refractivity contribution in [1.29, 1.82) is 0 Å². The van der Waals surface area contributed by atoms with Gasteiger partial charge >= 0.3 is 12.2 Å². The second kappa shape index (κ2) is 8.75. The molecule has 0 heterocycles. The van der Waals surface area contributed by atoms with Crippen molar-refractivity contribution in [3.63, 3.8) is 0 Å². The summed E-state index contributed by atoms with van der Waals surface area (Å²) >= 11 is 0. The van der Waals surface area contributed by atoms with E-state index in [4.69, 9.17) is 4.74 Å². The minimum Gasteiger partial charge on any atom is -0.508 e. The first-order valence-corrected chi connectivity index (χ1v) is 10.3. The molecule has 10 heteroatoms. The Morgan fingerprint density at radius 3 is 2.42 bits per heavy atom. The molecule has 0 aliphatic heterocycles. The number of amides is 2. The lowest BCUT2D eigenvalue weighted by molar-refractivity contribution is -0.207. The van der Waals surface area contributed by atoms with Crippen molar-refractivity contribution in [3.05, 3.63) is 52.6 Å². The Morgan fingerprint density at radius 2 is 1.88 bits per heavy atom. The number of aliphatic hydroxyl groups excluding tert-OH is 2. The quantitative estimate of drug-likeness (QED) is 0.465. The number of hydrogen-bond donors (Lipinski definition) is 5. The number of urea groups is 1. The van der Waals surface area contributed by atoms with Crippen LogP contribution in [0.15, 0.2) is 30.3 Å². The molecule has 33 heavy (non-hydrogen) atoms. The number of carbonyl (C=O) groups is 1. The van der Waals surface area contributed by atoms with Gasteiger partial charge in [0.25, 0.3) is 0 Å². The molecule has 0 radical (unpaired) electrons. The molecule has 3 atom stereocenters. The number of methoxy groups -OCH3 is 1. The van der Waals surface area contributed by atoms with Crippen LogP contribution < -0.4 is 15.4 Å². The number of anilines is 1. The highest BCUT2D eigenvalue weighted by Gasteiger charge is 2.42. The average molecular weight is 468 g/mol. The molecule has 1 aliphatic carbocycles. The number of phenolic OH excluding ortho intramolecular Hbond substituents is 1. The third-order valence-electron chi connectivity index (χ3n) is 5.65. The normalized spacial score (nSPS) is 19.1. The minimum absolute atomic E-state index is 0.0615. The van der Waals surface area contributed by atoms with Crippen molar-refractivity contribution < 1.29 is 38.0 Å². The van der Waals surface area contributed by atoms with E-state index in [2.05, 4.69) is 10.6 Å². The van der Waals surface area contributed by atoms with Crippen LogP contribution in [0.2, 0.25) is 0 Å². The number of alkyl halides is 3. The summed E-state index contributed by atoms with van der Waals surface area (Å²) in [4.78, 5) is 12.7. The summed E-state index contributed by atoms with van der Waals surface area (Å²) < 4.78 is 45.0. The van der Waals surface area contributed by atoms with Crippen LogP contribution in [0.3, 0.4) is 0 Å². The third kappa shape index (κ3) is 5.01. The first-order valence-electron chi connectivity index (χ1n) is 10.3. The average Bonchev–Trinajstić information content (AvgIpc) is 3.01. The van der Waals surface area contributed by atoms with Crippen LogP contribution in [0, 0.1) is 0 Å². The summed E-state index contributed by atoms with van der Waals surface area (Å²) in [7, 11) is 1.14. The van der Waals surface area contributed by atoms with Crippen LogP contribution in [-0.4, -0.2) is 40.7 Å². The molecule has 2 aromatic rings. The SMILES string of the molecule is COc1c(NC(=O)N[C@@H]2Cc3cccc(O)c3[C@@H]2O)cc(C(C)(C)C)cc1[C@@H](O)C(F)(F)F.